The fraction of sp³-hybridized carbons (Fsp3) is 0.455. The zero-order chi connectivity index (χ0) is 11.3. The Labute approximate surface area is 94.4 Å². The Morgan fingerprint density at radius 3 is 3.00 bits per heavy atom. The van der Waals surface area contributed by atoms with Crippen LogP contribution in [0.3, 0.4) is 0 Å². The average Bonchev–Trinajstić information content (AvgIpc) is 2.25. The molecule has 1 unspecified atom stereocenters. The molecular formula is C11H14ClNO2. The van der Waals surface area contributed by atoms with Gasteiger partial charge >= 0.3 is 0 Å². The van der Waals surface area contributed by atoms with Gasteiger partial charge in [0.25, 0.3) is 0 Å². The highest BCUT2D eigenvalue weighted by Gasteiger charge is 2.09. The smallest absolute Gasteiger partial charge is 0.181 e. The van der Waals surface area contributed by atoms with Crippen molar-refractivity contribution in [3.05, 3.63) is 29.0 Å². The molecule has 0 saturated carbocycles. The molecule has 0 amide bonds. The molecule has 0 aromatic carbocycles. The SMILES string of the molecule is COC(C)CCC(=O)c1cc(Cl)ccn1. The fourth-order valence-electron chi connectivity index (χ4n) is 1.14. The summed E-state index contributed by atoms with van der Waals surface area (Å²) in [7, 11) is 1.63. The molecular weight excluding hydrogens is 214 g/mol. The number of carbonyl (C=O) groups excluding carboxylic acids is 1. The molecule has 0 saturated heterocycles. The molecule has 4 heteroatoms. The van der Waals surface area contributed by atoms with E-state index in [2.05, 4.69) is 4.98 Å². The summed E-state index contributed by atoms with van der Waals surface area (Å²) >= 11 is 5.76. The first kappa shape index (κ1) is 12.1. The minimum atomic E-state index is 0.00130. The maximum absolute atomic E-state index is 11.6. The minimum Gasteiger partial charge on any atom is -0.382 e. The second-order valence-electron chi connectivity index (χ2n) is 3.37. The van der Waals surface area contributed by atoms with E-state index in [0.717, 1.165) is 0 Å². The molecule has 0 radical (unpaired) electrons. The molecule has 0 spiro atoms. The number of aromatic nitrogens is 1. The van der Waals surface area contributed by atoms with E-state index < -0.39 is 0 Å². The highest BCUT2D eigenvalue weighted by molar-refractivity contribution is 6.30. The predicted octanol–water partition coefficient (Wildman–Crippen LogP) is 2.73. The second-order valence-corrected chi connectivity index (χ2v) is 3.80. The highest BCUT2D eigenvalue weighted by Crippen LogP contribution is 2.11. The summed E-state index contributed by atoms with van der Waals surface area (Å²) in [6, 6.07) is 3.23. The third-order valence-electron chi connectivity index (χ3n) is 2.19. The normalized spacial score (nSPS) is 12.5. The summed E-state index contributed by atoms with van der Waals surface area (Å²) in [5, 5.41) is 0.535. The summed E-state index contributed by atoms with van der Waals surface area (Å²) in [5.74, 6) is 0.00130. The summed E-state index contributed by atoms with van der Waals surface area (Å²) in [6.45, 7) is 1.93. The van der Waals surface area contributed by atoms with Gasteiger partial charge in [0, 0.05) is 24.8 Å². The van der Waals surface area contributed by atoms with E-state index >= 15 is 0 Å². The van der Waals surface area contributed by atoms with E-state index in [-0.39, 0.29) is 11.9 Å². The van der Waals surface area contributed by atoms with Crippen molar-refractivity contribution >= 4 is 17.4 Å². The zero-order valence-electron chi connectivity index (χ0n) is 8.87. The topological polar surface area (TPSA) is 39.2 Å². The molecule has 15 heavy (non-hydrogen) atoms. The summed E-state index contributed by atoms with van der Waals surface area (Å²) in [4.78, 5) is 15.6. The molecule has 1 aromatic rings. The van der Waals surface area contributed by atoms with Crippen LogP contribution in [0, 0.1) is 0 Å². The summed E-state index contributed by atoms with van der Waals surface area (Å²) < 4.78 is 5.06. The van der Waals surface area contributed by atoms with Gasteiger partial charge in [0.1, 0.15) is 5.69 Å². The van der Waals surface area contributed by atoms with E-state index in [4.69, 9.17) is 16.3 Å². The van der Waals surface area contributed by atoms with Gasteiger partial charge in [0.15, 0.2) is 5.78 Å². The van der Waals surface area contributed by atoms with Crippen LogP contribution in [-0.2, 0) is 4.74 Å². The van der Waals surface area contributed by atoms with Crippen LogP contribution in [0.15, 0.2) is 18.3 Å². The molecule has 1 aromatic heterocycles. The zero-order valence-corrected chi connectivity index (χ0v) is 9.62. The van der Waals surface area contributed by atoms with Crippen LogP contribution >= 0.6 is 11.6 Å². The van der Waals surface area contributed by atoms with Crippen LogP contribution in [0.25, 0.3) is 0 Å². The van der Waals surface area contributed by atoms with Crippen LogP contribution in [0.1, 0.15) is 30.3 Å². The van der Waals surface area contributed by atoms with Gasteiger partial charge in [0.2, 0.25) is 0 Å². The number of rotatable bonds is 5. The van der Waals surface area contributed by atoms with Crippen molar-refractivity contribution in [1.29, 1.82) is 0 Å². The molecule has 3 nitrogen and oxygen atoms in total. The number of Topliss-reactive ketones (excluding diaryl/α,β-unsaturated/α-hetero) is 1. The number of carbonyl (C=O) groups is 1. The Balaban J connectivity index is 2.54. The van der Waals surface area contributed by atoms with Crippen molar-refractivity contribution < 1.29 is 9.53 Å². The molecule has 0 bridgehead atoms. The minimum absolute atomic E-state index is 0.00130. The molecule has 0 aliphatic heterocycles. The van der Waals surface area contributed by atoms with Crippen LogP contribution in [0.2, 0.25) is 5.02 Å². The Bertz CT molecular complexity index is 341. The molecule has 0 N–H and O–H groups in total. The van der Waals surface area contributed by atoms with E-state index in [1.807, 2.05) is 6.92 Å². The first-order valence-electron chi connectivity index (χ1n) is 4.81. The predicted molar refractivity (Wildman–Crippen MR) is 59.3 cm³/mol. The van der Waals surface area contributed by atoms with E-state index in [0.29, 0.717) is 23.6 Å². The monoisotopic (exact) mass is 227 g/mol. The molecule has 0 aliphatic carbocycles. The number of ketones is 1. The van der Waals surface area contributed by atoms with Crippen molar-refractivity contribution in [1.82, 2.24) is 4.98 Å². The number of methoxy groups -OCH3 is 1. The Kier molecular flexibility index (Phi) is 4.72. The second kappa shape index (κ2) is 5.83. The third kappa shape index (κ3) is 3.98. The molecule has 0 aliphatic rings. The van der Waals surface area contributed by atoms with Gasteiger partial charge in [-0.05, 0) is 25.5 Å². The van der Waals surface area contributed by atoms with Gasteiger partial charge in [-0.25, -0.2) is 0 Å². The average molecular weight is 228 g/mol. The first-order chi connectivity index (χ1) is 7.13. The number of halogens is 1. The quantitative estimate of drug-likeness (QED) is 0.726. The lowest BCUT2D eigenvalue weighted by molar-refractivity contribution is 0.0874. The summed E-state index contributed by atoms with van der Waals surface area (Å²) in [6.07, 6.45) is 2.76. The number of hydrogen-bond donors (Lipinski definition) is 0. The maximum Gasteiger partial charge on any atom is 0.181 e. The van der Waals surface area contributed by atoms with Crippen molar-refractivity contribution in [2.45, 2.75) is 25.9 Å². The number of ether oxygens (including phenoxy) is 1. The van der Waals surface area contributed by atoms with Gasteiger partial charge in [-0.3, -0.25) is 9.78 Å². The Hall–Kier alpha value is -0.930. The van der Waals surface area contributed by atoms with Crippen molar-refractivity contribution in [2.75, 3.05) is 7.11 Å². The number of nitrogens with zero attached hydrogens (tertiary/aromatic N) is 1. The molecule has 0 fully saturated rings. The van der Waals surface area contributed by atoms with Crippen LogP contribution in [0.4, 0.5) is 0 Å². The lowest BCUT2D eigenvalue weighted by Gasteiger charge is -2.07. The van der Waals surface area contributed by atoms with Crippen LogP contribution in [-0.4, -0.2) is 24.0 Å². The lowest BCUT2D eigenvalue weighted by Crippen LogP contribution is -2.09. The van der Waals surface area contributed by atoms with Crippen molar-refractivity contribution in [3.8, 4) is 0 Å². The van der Waals surface area contributed by atoms with Gasteiger partial charge in [-0.1, -0.05) is 11.6 Å². The van der Waals surface area contributed by atoms with Gasteiger partial charge in [0.05, 0.1) is 6.10 Å². The van der Waals surface area contributed by atoms with E-state index in [1.54, 1.807) is 19.2 Å². The highest BCUT2D eigenvalue weighted by atomic mass is 35.5. The van der Waals surface area contributed by atoms with Crippen LogP contribution in [0.5, 0.6) is 0 Å². The molecule has 1 heterocycles. The van der Waals surface area contributed by atoms with E-state index in [9.17, 15) is 4.79 Å². The standard InChI is InChI=1S/C11H14ClNO2/c1-8(15-2)3-4-11(14)10-7-9(12)5-6-13-10/h5-8H,3-4H2,1-2H3. The molecule has 1 rings (SSSR count). The lowest BCUT2D eigenvalue weighted by atomic mass is 10.1. The summed E-state index contributed by atoms with van der Waals surface area (Å²) in [5.41, 5.74) is 0.422. The van der Waals surface area contributed by atoms with Crippen molar-refractivity contribution in [3.63, 3.8) is 0 Å². The Morgan fingerprint density at radius 2 is 2.40 bits per heavy atom. The third-order valence-corrected chi connectivity index (χ3v) is 2.42. The van der Waals surface area contributed by atoms with Gasteiger partial charge < -0.3 is 4.74 Å². The maximum atomic E-state index is 11.6. The van der Waals surface area contributed by atoms with E-state index in [1.165, 1.54) is 6.20 Å². The fourth-order valence-corrected chi connectivity index (χ4v) is 1.30. The Morgan fingerprint density at radius 1 is 1.67 bits per heavy atom. The molecule has 1 atom stereocenters. The van der Waals surface area contributed by atoms with Gasteiger partial charge in [-0.15, -0.1) is 0 Å². The first-order valence-corrected chi connectivity index (χ1v) is 5.19. The van der Waals surface area contributed by atoms with Crippen LogP contribution < -0.4 is 0 Å². The number of hydrogen-bond acceptors (Lipinski definition) is 3. The largest absolute Gasteiger partial charge is 0.382 e. The number of pyridine rings is 1. The van der Waals surface area contributed by atoms with Crippen molar-refractivity contribution in [2.24, 2.45) is 0 Å². The molecule has 82 valence electrons. The van der Waals surface area contributed by atoms with Gasteiger partial charge in [-0.2, -0.15) is 0 Å².